The molecule has 35 heavy (non-hydrogen) atoms. The first-order chi connectivity index (χ1) is 15.8. The molecule has 0 spiro atoms. The number of pyridine rings is 1. The van der Waals surface area contributed by atoms with Crippen molar-refractivity contribution < 1.29 is 4.79 Å². The predicted molar refractivity (Wildman–Crippen MR) is 144 cm³/mol. The van der Waals surface area contributed by atoms with E-state index in [2.05, 4.69) is 15.0 Å². The maximum Gasteiger partial charge on any atom is 0.285 e. The number of nitrogens with two attached hydrogens (primary N) is 2. The van der Waals surface area contributed by atoms with E-state index in [1.165, 1.54) is 16.0 Å². The average molecular weight is 534 g/mol. The Morgan fingerprint density at radius 3 is 2.54 bits per heavy atom. The Morgan fingerprint density at radius 2 is 1.91 bits per heavy atom. The zero-order valence-electron chi connectivity index (χ0n) is 18.8. The van der Waals surface area contributed by atoms with Crippen LogP contribution in [0.3, 0.4) is 0 Å². The Kier molecular flexibility index (Phi) is 7.34. The standard InChI is InChI=1S/C21H20ClN9O2.2H2S/c1-10-9-29(18-14(11(2)32)17(23)26-21(24)27-18)15(10)19-28-30-8-6-12(22)16(30)20(33)31(19)13-5-3-4-7-25-13;;/h3-8,10,15H,9H2,1-2H3,(H4,23,24,26,27);2*1H2/t10-,15-;;/m0../s1. The van der Waals surface area contributed by atoms with Gasteiger partial charge in [0.1, 0.15) is 28.5 Å². The summed E-state index contributed by atoms with van der Waals surface area (Å²) in [5.74, 6) is 0.860. The van der Waals surface area contributed by atoms with Gasteiger partial charge in [0.2, 0.25) is 5.95 Å². The summed E-state index contributed by atoms with van der Waals surface area (Å²) in [6.45, 7) is 3.95. The van der Waals surface area contributed by atoms with Crippen LogP contribution in [0, 0.1) is 5.92 Å². The third kappa shape index (κ3) is 4.19. The molecule has 0 aliphatic carbocycles. The molecule has 4 aromatic heterocycles. The molecule has 14 heteroatoms. The van der Waals surface area contributed by atoms with Crippen LogP contribution < -0.4 is 21.9 Å². The van der Waals surface area contributed by atoms with Crippen molar-refractivity contribution in [2.24, 2.45) is 5.92 Å². The van der Waals surface area contributed by atoms with Gasteiger partial charge in [-0.15, -0.1) is 0 Å². The van der Waals surface area contributed by atoms with E-state index in [-0.39, 0.29) is 72.1 Å². The first-order valence-corrected chi connectivity index (χ1v) is 10.6. The smallest absolute Gasteiger partial charge is 0.285 e. The van der Waals surface area contributed by atoms with Crippen LogP contribution in [0.2, 0.25) is 5.02 Å². The van der Waals surface area contributed by atoms with Gasteiger partial charge in [-0.1, -0.05) is 24.6 Å². The van der Waals surface area contributed by atoms with Crippen molar-refractivity contribution in [2.45, 2.75) is 19.9 Å². The fourth-order valence-electron chi connectivity index (χ4n) is 4.28. The highest BCUT2D eigenvalue weighted by molar-refractivity contribution is 7.59. The summed E-state index contributed by atoms with van der Waals surface area (Å²) in [6, 6.07) is 6.45. The number of carbonyl (C=O) groups excluding carboxylic acids is 1. The third-order valence-corrected chi connectivity index (χ3v) is 6.03. The molecule has 0 saturated carbocycles. The first-order valence-electron chi connectivity index (χ1n) is 10.2. The number of carbonyl (C=O) groups is 1. The second-order valence-electron chi connectivity index (χ2n) is 7.94. The van der Waals surface area contributed by atoms with Gasteiger partial charge in [0.25, 0.3) is 5.56 Å². The molecule has 4 aromatic rings. The lowest BCUT2D eigenvalue weighted by Crippen LogP contribution is -2.52. The number of hydrogen-bond donors (Lipinski definition) is 2. The van der Waals surface area contributed by atoms with Crippen molar-refractivity contribution in [2.75, 3.05) is 22.9 Å². The summed E-state index contributed by atoms with van der Waals surface area (Å²) in [5.41, 5.74) is 11.9. The molecule has 0 unspecified atom stereocenters. The number of hydrogen-bond acceptors (Lipinski definition) is 9. The Labute approximate surface area is 219 Å². The molecule has 0 aromatic carbocycles. The minimum absolute atomic E-state index is 0. The number of Topliss-reactive ketones (excluding diaryl/α,β-unsaturated/α-hetero) is 1. The summed E-state index contributed by atoms with van der Waals surface area (Å²) in [7, 11) is 0. The zero-order chi connectivity index (χ0) is 23.4. The number of ketones is 1. The van der Waals surface area contributed by atoms with Gasteiger partial charge in [0, 0.05) is 24.9 Å². The highest BCUT2D eigenvalue weighted by atomic mass is 35.5. The minimum Gasteiger partial charge on any atom is -0.383 e. The van der Waals surface area contributed by atoms with Crippen molar-refractivity contribution >= 4 is 67.5 Å². The van der Waals surface area contributed by atoms with Crippen LogP contribution >= 0.6 is 38.6 Å². The minimum atomic E-state index is -0.419. The SMILES string of the molecule is CC(=O)c1c(N)nc(N)nc1N1C[C@H](C)[C@H]1c1nn2ccc(Cl)c2c(=O)n1-c1ccccn1.S.S. The van der Waals surface area contributed by atoms with E-state index in [4.69, 9.17) is 28.2 Å². The summed E-state index contributed by atoms with van der Waals surface area (Å²) in [6.07, 6.45) is 3.22. The number of nitrogen functional groups attached to an aromatic ring is 2. The second kappa shape index (κ2) is 9.76. The van der Waals surface area contributed by atoms with Crippen LogP contribution in [0.5, 0.6) is 0 Å². The largest absolute Gasteiger partial charge is 0.383 e. The molecule has 1 aliphatic heterocycles. The average Bonchev–Trinajstić information content (AvgIpc) is 3.12. The first kappa shape index (κ1) is 26.3. The van der Waals surface area contributed by atoms with Crippen LogP contribution in [-0.4, -0.2) is 41.5 Å². The molecule has 0 amide bonds. The number of rotatable bonds is 4. The molecule has 11 nitrogen and oxygen atoms in total. The zero-order valence-corrected chi connectivity index (χ0v) is 21.6. The van der Waals surface area contributed by atoms with Gasteiger partial charge < -0.3 is 16.4 Å². The van der Waals surface area contributed by atoms with E-state index in [1.54, 1.807) is 36.7 Å². The van der Waals surface area contributed by atoms with Crippen molar-refractivity contribution in [3.8, 4) is 5.82 Å². The monoisotopic (exact) mass is 533 g/mol. The molecule has 2 atom stereocenters. The normalized spacial score (nSPS) is 16.8. The van der Waals surface area contributed by atoms with Crippen molar-refractivity contribution in [3.05, 3.63) is 63.4 Å². The van der Waals surface area contributed by atoms with Crippen LogP contribution in [0.4, 0.5) is 17.6 Å². The lowest BCUT2D eigenvalue weighted by atomic mass is 9.88. The molecule has 184 valence electrons. The van der Waals surface area contributed by atoms with Gasteiger partial charge >= 0.3 is 0 Å². The van der Waals surface area contributed by atoms with Gasteiger partial charge in [0.15, 0.2) is 11.6 Å². The summed E-state index contributed by atoms with van der Waals surface area (Å²) < 4.78 is 2.90. The number of nitrogens with zero attached hydrogens (tertiary/aromatic N) is 7. The molecule has 5 heterocycles. The number of anilines is 3. The maximum absolute atomic E-state index is 13.5. The third-order valence-electron chi connectivity index (χ3n) is 5.72. The highest BCUT2D eigenvalue weighted by Gasteiger charge is 2.43. The van der Waals surface area contributed by atoms with Gasteiger partial charge in [-0.3, -0.25) is 9.59 Å². The lowest BCUT2D eigenvalue weighted by molar-refractivity contribution is 0.101. The molecular formula is C21H24ClN9O2S2. The topological polar surface area (TPSA) is 150 Å². The molecular weight excluding hydrogens is 510 g/mol. The summed E-state index contributed by atoms with van der Waals surface area (Å²) in [4.78, 5) is 40.4. The van der Waals surface area contributed by atoms with Crippen LogP contribution in [0.1, 0.15) is 36.1 Å². The summed E-state index contributed by atoms with van der Waals surface area (Å²) in [5, 5.41) is 5.01. The Morgan fingerprint density at radius 1 is 1.17 bits per heavy atom. The van der Waals surface area contributed by atoms with Gasteiger partial charge in [-0.05, 0) is 25.1 Å². The van der Waals surface area contributed by atoms with Gasteiger partial charge in [-0.2, -0.15) is 42.1 Å². The van der Waals surface area contributed by atoms with E-state index in [0.717, 1.165) is 0 Å². The van der Waals surface area contributed by atoms with Crippen LogP contribution in [-0.2, 0) is 0 Å². The van der Waals surface area contributed by atoms with Crippen molar-refractivity contribution in [1.29, 1.82) is 0 Å². The quantitative estimate of drug-likeness (QED) is 0.376. The lowest BCUT2D eigenvalue weighted by Gasteiger charge is -2.47. The number of halogens is 1. The maximum atomic E-state index is 13.5. The molecule has 1 aliphatic rings. The highest BCUT2D eigenvalue weighted by Crippen LogP contribution is 2.43. The molecule has 0 radical (unpaired) electrons. The van der Waals surface area contributed by atoms with E-state index >= 15 is 0 Å². The van der Waals surface area contributed by atoms with Gasteiger partial charge in [0.05, 0.1) is 11.1 Å². The van der Waals surface area contributed by atoms with Crippen molar-refractivity contribution in [1.82, 2.24) is 29.1 Å². The van der Waals surface area contributed by atoms with E-state index in [0.29, 0.717) is 24.0 Å². The fourth-order valence-corrected chi connectivity index (χ4v) is 4.50. The summed E-state index contributed by atoms with van der Waals surface area (Å²) >= 11 is 6.27. The Hall–Kier alpha value is -3.29. The molecule has 1 saturated heterocycles. The van der Waals surface area contributed by atoms with Crippen LogP contribution in [0.25, 0.3) is 11.3 Å². The van der Waals surface area contributed by atoms with Crippen LogP contribution in [0.15, 0.2) is 41.5 Å². The van der Waals surface area contributed by atoms with E-state index in [1.807, 2.05) is 11.8 Å². The second-order valence-corrected chi connectivity index (χ2v) is 8.35. The number of fused-ring (bicyclic) bond motifs is 1. The Balaban J connectivity index is 0.00000171. The molecule has 1 fully saturated rings. The van der Waals surface area contributed by atoms with E-state index < -0.39 is 6.04 Å². The predicted octanol–water partition coefficient (Wildman–Crippen LogP) is 2.11. The fraction of sp³-hybridized carbons (Fsp3) is 0.238. The number of aromatic nitrogens is 6. The Bertz CT molecular complexity index is 1480. The molecule has 5 rings (SSSR count). The molecule has 0 bridgehead atoms. The van der Waals surface area contributed by atoms with Gasteiger partial charge in [-0.25, -0.2) is 14.1 Å². The van der Waals surface area contributed by atoms with E-state index in [9.17, 15) is 9.59 Å². The van der Waals surface area contributed by atoms with Crippen molar-refractivity contribution in [3.63, 3.8) is 0 Å². The molecule has 4 N–H and O–H groups in total.